The summed E-state index contributed by atoms with van der Waals surface area (Å²) >= 11 is 0. The van der Waals surface area contributed by atoms with Gasteiger partial charge in [0.05, 0.1) is 13.2 Å². The molecule has 1 aliphatic heterocycles. The highest BCUT2D eigenvalue weighted by molar-refractivity contribution is 5.80. The highest BCUT2D eigenvalue weighted by Crippen LogP contribution is 2.18. The average Bonchev–Trinajstić information content (AvgIpc) is 3.18. The molecule has 1 fully saturated rings. The minimum atomic E-state index is 0.300. The first-order valence-electron chi connectivity index (χ1n) is 9.96. The van der Waals surface area contributed by atoms with E-state index in [9.17, 15) is 0 Å². The van der Waals surface area contributed by atoms with Crippen LogP contribution in [-0.4, -0.2) is 51.5 Å². The van der Waals surface area contributed by atoms with Crippen LogP contribution in [0.5, 0.6) is 0 Å². The highest BCUT2D eigenvalue weighted by atomic mass is 16.5. The third-order valence-electron chi connectivity index (χ3n) is 4.88. The van der Waals surface area contributed by atoms with Gasteiger partial charge in [0.25, 0.3) is 0 Å². The minimum Gasteiger partial charge on any atom is -0.381 e. The molecule has 2 N–H and O–H groups in total. The smallest absolute Gasteiger partial charge is 0.191 e. The van der Waals surface area contributed by atoms with Gasteiger partial charge in [-0.15, -0.1) is 0 Å². The van der Waals surface area contributed by atoms with Gasteiger partial charge in [0.15, 0.2) is 5.96 Å². The van der Waals surface area contributed by atoms with Crippen molar-refractivity contribution < 1.29 is 9.47 Å². The van der Waals surface area contributed by atoms with E-state index >= 15 is 0 Å². The molecule has 1 aliphatic rings. The molecule has 2 rings (SSSR count). The monoisotopic (exact) mass is 361 g/mol. The molecular formula is C21H35N3O2. The fourth-order valence-corrected chi connectivity index (χ4v) is 3.03. The van der Waals surface area contributed by atoms with Gasteiger partial charge in [-0.05, 0) is 32.3 Å². The van der Waals surface area contributed by atoms with Crippen molar-refractivity contribution in [1.82, 2.24) is 10.6 Å². The van der Waals surface area contributed by atoms with Crippen LogP contribution in [0.3, 0.4) is 0 Å². The van der Waals surface area contributed by atoms with Gasteiger partial charge in [-0.1, -0.05) is 37.3 Å². The Morgan fingerprint density at radius 3 is 2.81 bits per heavy atom. The lowest BCUT2D eigenvalue weighted by atomic mass is 9.94. The van der Waals surface area contributed by atoms with Crippen LogP contribution >= 0.6 is 0 Å². The molecule has 0 amide bonds. The third kappa shape index (κ3) is 7.34. The summed E-state index contributed by atoms with van der Waals surface area (Å²) in [6, 6.07) is 10.9. The van der Waals surface area contributed by atoms with Crippen molar-refractivity contribution in [3.05, 3.63) is 35.9 Å². The molecule has 5 heteroatoms. The van der Waals surface area contributed by atoms with Crippen LogP contribution in [-0.2, 0) is 9.47 Å². The Morgan fingerprint density at radius 1 is 1.31 bits per heavy atom. The van der Waals surface area contributed by atoms with Gasteiger partial charge in [0, 0.05) is 44.2 Å². The van der Waals surface area contributed by atoms with Crippen LogP contribution in [0.1, 0.15) is 45.1 Å². The van der Waals surface area contributed by atoms with Crippen molar-refractivity contribution in [2.24, 2.45) is 10.9 Å². The third-order valence-corrected chi connectivity index (χ3v) is 4.88. The zero-order valence-corrected chi connectivity index (χ0v) is 16.5. The average molecular weight is 362 g/mol. The summed E-state index contributed by atoms with van der Waals surface area (Å²) in [5.74, 6) is 1.88. The summed E-state index contributed by atoms with van der Waals surface area (Å²) in [6.07, 6.45) is 2.07. The number of rotatable bonds is 10. The van der Waals surface area contributed by atoms with E-state index in [1.807, 2.05) is 0 Å². The van der Waals surface area contributed by atoms with Crippen LogP contribution in [0.25, 0.3) is 0 Å². The number of aliphatic imine (C=N–C) groups is 1. The SMILES string of the molecule is CCNC(=NCCCOCC1CCOC1)NC(C)C(C)c1ccccc1. The fraction of sp³-hybridized carbons (Fsp3) is 0.667. The minimum absolute atomic E-state index is 0.300. The number of benzene rings is 1. The lowest BCUT2D eigenvalue weighted by molar-refractivity contribution is 0.0893. The van der Waals surface area contributed by atoms with E-state index in [1.54, 1.807) is 0 Å². The van der Waals surface area contributed by atoms with Crippen LogP contribution in [0.2, 0.25) is 0 Å². The maximum atomic E-state index is 5.75. The maximum Gasteiger partial charge on any atom is 0.191 e. The predicted octanol–water partition coefficient (Wildman–Crippen LogP) is 3.18. The number of ether oxygens (including phenoxy) is 2. The van der Waals surface area contributed by atoms with Crippen LogP contribution in [0, 0.1) is 5.92 Å². The largest absolute Gasteiger partial charge is 0.381 e. The molecular weight excluding hydrogens is 326 g/mol. The molecule has 0 radical (unpaired) electrons. The number of hydrogen-bond acceptors (Lipinski definition) is 3. The van der Waals surface area contributed by atoms with E-state index in [4.69, 9.17) is 9.47 Å². The quantitative estimate of drug-likeness (QED) is 0.382. The van der Waals surface area contributed by atoms with E-state index in [0.717, 1.165) is 58.3 Å². The van der Waals surface area contributed by atoms with E-state index in [2.05, 4.69) is 66.7 Å². The molecule has 1 saturated heterocycles. The summed E-state index contributed by atoms with van der Waals surface area (Å²) in [5, 5.41) is 6.87. The van der Waals surface area contributed by atoms with E-state index in [1.165, 1.54) is 5.56 Å². The molecule has 1 aromatic carbocycles. The first-order valence-corrected chi connectivity index (χ1v) is 9.96. The predicted molar refractivity (Wildman–Crippen MR) is 108 cm³/mol. The number of hydrogen-bond donors (Lipinski definition) is 2. The molecule has 146 valence electrons. The molecule has 3 unspecified atom stereocenters. The summed E-state index contributed by atoms with van der Waals surface area (Å²) in [5.41, 5.74) is 1.34. The maximum absolute atomic E-state index is 5.75. The molecule has 0 bridgehead atoms. The Kier molecular flexibility index (Phi) is 9.50. The van der Waals surface area contributed by atoms with Crippen LogP contribution < -0.4 is 10.6 Å². The van der Waals surface area contributed by atoms with Gasteiger partial charge in [0.1, 0.15) is 0 Å². The molecule has 1 aromatic rings. The van der Waals surface area contributed by atoms with Crippen molar-refractivity contribution in [2.45, 2.75) is 45.6 Å². The fourth-order valence-electron chi connectivity index (χ4n) is 3.03. The summed E-state index contributed by atoms with van der Waals surface area (Å²) < 4.78 is 11.1. The van der Waals surface area contributed by atoms with Gasteiger partial charge < -0.3 is 20.1 Å². The van der Waals surface area contributed by atoms with Crippen LogP contribution in [0.4, 0.5) is 0 Å². The van der Waals surface area contributed by atoms with Gasteiger partial charge in [0.2, 0.25) is 0 Å². The lowest BCUT2D eigenvalue weighted by Crippen LogP contribution is -2.44. The van der Waals surface area contributed by atoms with Crippen molar-refractivity contribution in [2.75, 3.05) is 39.5 Å². The molecule has 0 aromatic heterocycles. The Morgan fingerprint density at radius 2 is 2.12 bits per heavy atom. The second-order valence-corrected chi connectivity index (χ2v) is 7.05. The van der Waals surface area contributed by atoms with Gasteiger partial charge >= 0.3 is 0 Å². The first-order chi connectivity index (χ1) is 12.7. The number of guanidine groups is 1. The normalized spacial score (nSPS) is 20.0. The van der Waals surface area contributed by atoms with E-state index in [0.29, 0.717) is 17.9 Å². The zero-order valence-electron chi connectivity index (χ0n) is 16.5. The highest BCUT2D eigenvalue weighted by Gasteiger charge is 2.16. The van der Waals surface area contributed by atoms with Gasteiger partial charge in [-0.3, -0.25) is 4.99 Å². The zero-order chi connectivity index (χ0) is 18.6. The van der Waals surface area contributed by atoms with Gasteiger partial charge in [-0.25, -0.2) is 0 Å². The van der Waals surface area contributed by atoms with E-state index in [-0.39, 0.29) is 0 Å². The number of nitrogens with zero attached hydrogens (tertiary/aromatic N) is 1. The summed E-state index contributed by atoms with van der Waals surface area (Å²) in [7, 11) is 0. The molecule has 0 aliphatic carbocycles. The first kappa shape index (κ1) is 20.7. The Balaban J connectivity index is 1.71. The molecule has 1 heterocycles. The molecule has 26 heavy (non-hydrogen) atoms. The van der Waals surface area contributed by atoms with Crippen molar-refractivity contribution in [1.29, 1.82) is 0 Å². The van der Waals surface area contributed by atoms with Gasteiger partial charge in [-0.2, -0.15) is 0 Å². The second-order valence-electron chi connectivity index (χ2n) is 7.05. The van der Waals surface area contributed by atoms with Crippen LogP contribution in [0.15, 0.2) is 35.3 Å². The van der Waals surface area contributed by atoms with E-state index < -0.39 is 0 Å². The number of nitrogens with one attached hydrogen (secondary N) is 2. The summed E-state index contributed by atoms with van der Waals surface area (Å²) in [6.45, 7) is 11.5. The lowest BCUT2D eigenvalue weighted by Gasteiger charge is -2.24. The van der Waals surface area contributed by atoms with Crippen molar-refractivity contribution in [3.8, 4) is 0 Å². The Hall–Kier alpha value is -1.59. The topological polar surface area (TPSA) is 54.9 Å². The molecule has 0 saturated carbocycles. The molecule has 5 nitrogen and oxygen atoms in total. The molecule has 3 atom stereocenters. The Bertz CT molecular complexity index is 515. The summed E-state index contributed by atoms with van der Waals surface area (Å²) in [4.78, 5) is 4.69. The molecule has 0 spiro atoms. The standard InChI is InChI=1S/C21H35N3O2/c1-4-22-21(23-12-8-13-25-15-19-11-14-26-16-19)24-18(3)17(2)20-9-6-5-7-10-20/h5-7,9-10,17-19H,4,8,11-16H2,1-3H3,(H2,22,23,24). The van der Waals surface area contributed by atoms with Crippen molar-refractivity contribution in [3.63, 3.8) is 0 Å². The Labute approximate surface area is 158 Å². The second kappa shape index (κ2) is 11.9. The van der Waals surface area contributed by atoms with Crippen molar-refractivity contribution >= 4 is 5.96 Å².